The van der Waals surface area contributed by atoms with Gasteiger partial charge >= 0.3 is 0 Å². The van der Waals surface area contributed by atoms with Gasteiger partial charge in [0.15, 0.2) is 0 Å². The molecule has 0 unspecified atom stereocenters. The number of benzene rings is 1. The number of rotatable bonds is 4. The summed E-state index contributed by atoms with van der Waals surface area (Å²) in [5, 5.41) is 14.0. The number of aromatic nitrogens is 1. The Kier molecular flexibility index (Phi) is 3.47. The first-order valence-electron chi connectivity index (χ1n) is 6.36. The molecule has 2 atom stereocenters. The lowest BCUT2D eigenvalue weighted by Gasteiger charge is -2.07. The number of hydrogen-bond acceptors (Lipinski definition) is 4. The minimum Gasteiger partial charge on any atom is -0.365 e. The molecule has 3 rings (SSSR count). The highest BCUT2D eigenvalue weighted by atomic mass is 35.5. The molecule has 1 heterocycles. The molecule has 108 valence electrons. The van der Waals surface area contributed by atoms with Gasteiger partial charge in [-0.15, -0.1) is 0 Å². The van der Waals surface area contributed by atoms with Gasteiger partial charge in [-0.1, -0.05) is 23.7 Å². The maximum atomic E-state index is 13.2. The Morgan fingerprint density at radius 1 is 1.43 bits per heavy atom. The lowest BCUT2D eigenvalue weighted by atomic mass is 10.1. The molecule has 2 aromatic rings. The number of nitrogens with one attached hydrogen (secondary N) is 1. The first-order chi connectivity index (χ1) is 10.0. The van der Waals surface area contributed by atoms with Crippen LogP contribution in [0, 0.1) is 15.9 Å². The zero-order valence-corrected chi connectivity index (χ0v) is 11.5. The van der Waals surface area contributed by atoms with Crippen molar-refractivity contribution >= 4 is 23.1 Å². The SMILES string of the molecule is O=[N+]([O-])c1cnc(N[C@@H]2C[C@H]2c2cccc(F)c2)c(Cl)c1. The number of anilines is 1. The number of hydrogen-bond donors (Lipinski definition) is 1. The van der Waals surface area contributed by atoms with Crippen LogP contribution >= 0.6 is 11.6 Å². The normalized spacial score (nSPS) is 20.1. The van der Waals surface area contributed by atoms with E-state index in [-0.39, 0.29) is 28.5 Å². The van der Waals surface area contributed by atoms with Gasteiger partial charge in [-0.2, -0.15) is 0 Å². The predicted molar refractivity (Wildman–Crippen MR) is 77.1 cm³/mol. The second-order valence-electron chi connectivity index (χ2n) is 4.93. The van der Waals surface area contributed by atoms with E-state index in [4.69, 9.17) is 11.6 Å². The average molecular weight is 308 g/mol. The van der Waals surface area contributed by atoms with Crippen molar-refractivity contribution in [2.45, 2.75) is 18.4 Å². The maximum Gasteiger partial charge on any atom is 0.289 e. The van der Waals surface area contributed by atoms with Crippen molar-refractivity contribution < 1.29 is 9.31 Å². The van der Waals surface area contributed by atoms with Gasteiger partial charge in [0.05, 0.1) is 9.95 Å². The smallest absolute Gasteiger partial charge is 0.289 e. The fourth-order valence-electron chi connectivity index (χ4n) is 2.27. The number of halogens is 2. The molecular formula is C14H11ClFN3O2. The summed E-state index contributed by atoms with van der Waals surface area (Å²) >= 11 is 5.97. The van der Waals surface area contributed by atoms with E-state index in [1.165, 1.54) is 18.2 Å². The molecular weight excluding hydrogens is 297 g/mol. The Morgan fingerprint density at radius 3 is 2.90 bits per heavy atom. The third-order valence-electron chi connectivity index (χ3n) is 3.43. The largest absolute Gasteiger partial charge is 0.365 e. The summed E-state index contributed by atoms with van der Waals surface area (Å²) in [6.07, 6.45) is 2.01. The molecule has 1 saturated carbocycles. The quantitative estimate of drug-likeness (QED) is 0.690. The van der Waals surface area contributed by atoms with Crippen LogP contribution in [0.25, 0.3) is 0 Å². The lowest BCUT2D eigenvalue weighted by molar-refractivity contribution is -0.385. The van der Waals surface area contributed by atoms with Crippen LogP contribution in [0.15, 0.2) is 36.5 Å². The van der Waals surface area contributed by atoms with E-state index in [2.05, 4.69) is 10.3 Å². The van der Waals surface area contributed by atoms with E-state index in [0.717, 1.165) is 18.2 Å². The average Bonchev–Trinajstić information content (AvgIpc) is 3.20. The second kappa shape index (κ2) is 5.29. The van der Waals surface area contributed by atoms with Crippen molar-refractivity contribution in [3.05, 3.63) is 63.0 Å². The summed E-state index contributed by atoms with van der Waals surface area (Å²) in [5.74, 6) is 0.351. The van der Waals surface area contributed by atoms with Crippen LogP contribution in [0.1, 0.15) is 17.9 Å². The Morgan fingerprint density at radius 2 is 2.24 bits per heavy atom. The van der Waals surface area contributed by atoms with Crippen molar-refractivity contribution in [2.24, 2.45) is 0 Å². The van der Waals surface area contributed by atoms with Crippen LogP contribution in [-0.2, 0) is 0 Å². The summed E-state index contributed by atoms with van der Waals surface area (Å²) in [4.78, 5) is 14.0. The van der Waals surface area contributed by atoms with Crippen molar-refractivity contribution in [3.63, 3.8) is 0 Å². The maximum absolute atomic E-state index is 13.2. The Balaban J connectivity index is 1.70. The first-order valence-corrected chi connectivity index (χ1v) is 6.74. The van der Waals surface area contributed by atoms with Gasteiger partial charge in [0.1, 0.15) is 17.8 Å². The van der Waals surface area contributed by atoms with Crippen LogP contribution < -0.4 is 5.32 Å². The van der Waals surface area contributed by atoms with Gasteiger partial charge in [0.25, 0.3) is 5.69 Å². The van der Waals surface area contributed by atoms with Gasteiger partial charge in [-0.3, -0.25) is 10.1 Å². The molecule has 0 radical (unpaired) electrons. The molecule has 1 fully saturated rings. The molecule has 1 aromatic heterocycles. The van der Waals surface area contributed by atoms with Gasteiger partial charge in [0, 0.05) is 18.0 Å². The summed E-state index contributed by atoms with van der Waals surface area (Å²) in [7, 11) is 0. The predicted octanol–water partition coefficient (Wildman–Crippen LogP) is 3.75. The molecule has 1 aliphatic rings. The third-order valence-corrected chi connectivity index (χ3v) is 3.72. The standard InChI is InChI=1S/C14H11ClFN3O2/c15-12-5-10(19(20)21)7-17-14(12)18-13-6-11(13)8-2-1-3-9(16)4-8/h1-5,7,11,13H,6H2,(H,17,18)/t11-,13+/m0/s1. The van der Waals surface area contributed by atoms with Gasteiger partial charge in [0.2, 0.25) is 0 Å². The van der Waals surface area contributed by atoms with Gasteiger partial charge < -0.3 is 5.32 Å². The first kappa shape index (κ1) is 13.8. The highest BCUT2D eigenvalue weighted by Crippen LogP contribution is 2.43. The summed E-state index contributed by atoms with van der Waals surface area (Å²) in [6.45, 7) is 0. The fourth-order valence-corrected chi connectivity index (χ4v) is 2.48. The zero-order chi connectivity index (χ0) is 15.0. The summed E-state index contributed by atoms with van der Waals surface area (Å²) in [6, 6.07) is 7.84. The lowest BCUT2D eigenvalue weighted by Crippen LogP contribution is -2.06. The van der Waals surface area contributed by atoms with Gasteiger partial charge in [-0.25, -0.2) is 9.37 Å². The highest BCUT2D eigenvalue weighted by molar-refractivity contribution is 6.33. The Labute approximate surface area is 124 Å². The van der Waals surface area contributed by atoms with E-state index in [1.54, 1.807) is 6.07 Å². The van der Waals surface area contributed by atoms with Crippen molar-refractivity contribution in [1.29, 1.82) is 0 Å². The number of nitro groups is 1. The van der Waals surface area contributed by atoms with E-state index in [1.807, 2.05) is 6.07 Å². The number of nitrogens with zero attached hydrogens (tertiary/aromatic N) is 2. The van der Waals surface area contributed by atoms with Crippen LogP contribution in [-0.4, -0.2) is 15.9 Å². The fraction of sp³-hybridized carbons (Fsp3) is 0.214. The van der Waals surface area contributed by atoms with E-state index < -0.39 is 4.92 Å². The third kappa shape index (κ3) is 2.95. The van der Waals surface area contributed by atoms with Crippen LogP contribution in [0.5, 0.6) is 0 Å². The van der Waals surface area contributed by atoms with Crippen molar-refractivity contribution in [3.8, 4) is 0 Å². The van der Waals surface area contributed by atoms with E-state index in [0.29, 0.717) is 5.82 Å². The molecule has 1 aromatic carbocycles. The van der Waals surface area contributed by atoms with Gasteiger partial charge in [-0.05, 0) is 24.1 Å². The second-order valence-corrected chi connectivity index (χ2v) is 5.34. The molecule has 21 heavy (non-hydrogen) atoms. The summed E-state index contributed by atoms with van der Waals surface area (Å²) < 4.78 is 13.2. The van der Waals surface area contributed by atoms with Crippen LogP contribution in [0.3, 0.4) is 0 Å². The zero-order valence-electron chi connectivity index (χ0n) is 10.8. The van der Waals surface area contributed by atoms with E-state index >= 15 is 0 Å². The Hall–Kier alpha value is -2.21. The summed E-state index contributed by atoms with van der Waals surface area (Å²) in [5.41, 5.74) is 0.772. The van der Waals surface area contributed by atoms with Crippen molar-refractivity contribution in [2.75, 3.05) is 5.32 Å². The molecule has 5 nitrogen and oxygen atoms in total. The molecule has 0 saturated heterocycles. The Bertz CT molecular complexity index is 710. The molecule has 0 bridgehead atoms. The molecule has 1 N–H and O–H groups in total. The van der Waals surface area contributed by atoms with E-state index in [9.17, 15) is 14.5 Å². The molecule has 0 amide bonds. The van der Waals surface area contributed by atoms with Crippen LogP contribution in [0.4, 0.5) is 15.9 Å². The topological polar surface area (TPSA) is 68.1 Å². The van der Waals surface area contributed by atoms with Crippen molar-refractivity contribution in [1.82, 2.24) is 4.98 Å². The molecule has 0 spiro atoms. The minimum absolute atomic E-state index is 0.109. The molecule has 7 heteroatoms. The van der Waals surface area contributed by atoms with Crippen LogP contribution in [0.2, 0.25) is 5.02 Å². The highest BCUT2D eigenvalue weighted by Gasteiger charge is 2.39. The molecule has 0 aliphatic heterocycles. The minimum atomic E-state index is -0.546. The monoisotopic (exact) mass is 307 g/mol. The molecule has 1 aliphatic carbocycles. The number of pyridine rings is 1.